The molecule has 19 heavy (non-hydrogen) atoms. The molecule has 0 saturated heterocycles. The lowest BCUT2D eigenvalue weighted by Crippen LogP contribution is -2.30. The first-order valence-corrected chi connectivity index (χ1v) is 6.39. The molecule has 0 radical (unpaired) electrons. The van der Waals surface area contributed by atoms with Gasteiger partial charge in [0.2, 0.25) is 5.91 Å². The third kappa shape index (κ3) is 3.64. The van der Waals surface area contributed by atoms with Crippen molar-refractivity contribution in [3.05, 3.63) is 47.8 Å². The van der Waals surface area contributed by atoms with Crippen LogP contribution in [0.4, 0.5) is 0 Å². The van der Waals surface area contributed by atoms with Gasteiger partial charge in [0, 0.05) is 23.8 Å². The summed E-state index contributed by atoms with van der Waals surface area (Å²) in [6.45, 7) is 3.96. The Balaban J connectivity index is 1.97. The van der Waals surface area contributed by atoms with Gasteiger partial charge in [-0.3, -0.25) is 9.78 Å². The third-order valence-electron chi connectivity index (χ3n) is 2.86. The zero-order chi connectivity index (χ0) is 13.7. The van der Waals surface area contributed by atoms with Crippen molar-refractivity contribution in [3.8, 4) is 0 Å². The Morgan fingerprint density at radius 3 is 2.84 bits per heavy atom. The number of aromatic amines is 1. The van der Waals surface area contributed by atoms with Crippen LogP contribution in [0.1, 0.15) is 36.6 Å². The standard InChI is InChI=1S/C14H18N4O/c1-3-12(14-16-9-10(2)17-14)18-13(19)8-11-6-4-5-7-15-11/h4-7,9,12H,3,8H2,1-2H3,(H,16,17)(H,18,19)/t12-/m1/s1. The van der Waals surface area contributed by atoms with Crippen LogP contribution >= 0.6 is 0 Å². The van der Waals surface area contributed by atoms with Crippen molar-refractivity contribution < 1.29 is 4.79 Å². The van der Waals surface area contributed by atoms with Crippen molar-refractivity contribution in [2.45, 2.75) is 32.7 Å². The van der Waals surface area contributed by atoms with E-state index in [1.807, 2.05) is 32.0 Å². The van der Waals surface area contributed by atoms with E-state index in [2.05, 4.69) is 20.3 Å². The van der Waals surface area contributed by atoms with Crippen LogP contribution < -0.4 is 5.32 Å². The summed E-state index contributed by atoms with van der Waals surface area (Å²) in [5.74, 6) is 0.758. The monoisotopic (exact) mass is 258 g/mol. The van der Waals surface area contributed by atoms with Crippen molar-refractivity contribution in [3.63, 3.8) is 0 Å². The van der Waals surface area contributed by atoms with Gasteiger partial charge in [-0.05, 0) is 25.5 Å². The molecule has 2 aromatic heterocycles. The smallest absolute Gasteiger partial charge is 0.226 e. The minimum Gasteiger partial charge on any atom is -0.346 e. The zero-order valence-corrected chi connectivity index (χ0v) is 11.2. The Bertz CT molecular complexity index is 535. The minimum atomic E-state index is -0.0788. The summed E-state index contributed by atoms with van der Waals surface area (Å²) in [6, 6.07) is 5.48. The summed E-state index contributed by atoms with van der Waals surface area (Å²) < 4.78 is 0. The maximum Gasteiger partial charge on any atom is 0.226 e. The zero-order valence-electron chi connectivity index (χ0n) is 11.2. The highest BCUT2D eigenvalue weighted by molar-refractivity contribution is 5.78. The Morgan fingerprint density at radius 1 is 1.42 bits per heavy atom. The fourth-order valence-electron chi connectivity index (χ4n) is 1.89. The Labute approximate surface area is 112 Å². The third-order valence-corrected chi connectivity index (χ3v) is 2.86. The number of amides is 1. The maximum absolute atomic E-state index is 12.0. The number of H-pyrrole nitrogens is 1. The van der Waals surface area contributed by atoms with Gasteiger partial charge < -0.3 is 10.3 Å². The molecule has 2 heterocycles. The summed E-state index contributed by atoms with van der Waals surface area (Å²) in [7, 11) is 0. The highest BCUT2D eigenvalue weighted by Crippen LogP contribution is 2.12. The number of rotatable bonds is 5. The molecule has 0 aromatic carbocycles. The van der Waals surface area contributed by atoms with E-state index in [1.165, 1.54) is 0 Å². The van der Waals surface area contributed by atoms with Crippen LogP contribution in [0.3, 0.4) is 0 Å². The lowest BCUT2D eigenvalue weighted by Gasteiger charge is -2.14. The Kier molecular flexibility index (Phi) is 4.28. The molecular weight excluding hydrogens is 240 g/mol. The molecule has 5 nitrogen and oxygen atoms in total. The maximum atomic E-state index is 12.0. The normalized spacial score (nSPS) is 12.1. The Morgan fingerprint density at radius 2 is 2.26 bits per heavy atom. The van der Waals surface area contributed by atoms with Crippen LogP contribution in [-0.4, -0.2) is 20.9 Å². The summed E-state index contributed by atoms with van der Waals surface area (Å²) in [4.78, 5) is 23.5. The van der Waals surface area contributed by atoms with E-state index in [1.54, 1.807) is 12.4 Å². The fourth-order valence-corrected chi connectivity index (χ4v) is 1.89. The first-order valence-electron chi connectivity index (χ1n) is 6.39. The lowest BCUT2D eigenvalue weighted by atomic mass is 10.2. The van der Waals surface area contributed by atoms with E-state index in [0.29, 0.717) is 0 Å². The topological polar surface area (TPSA) is 70.7 Å². The largest absolute Gasteiger partial charge is 0.346 e. The van der Waals surface area contributed by atoms with Gasteiger partial charge in [0.25, 0.3) is 0 Å². The second-order valence-electron chi connectivity index (χ2n) is 4.48. The molecule has 0 bridgehead atoms. The SMILES string of the molecule is CC[C@@H](NC(=O)Cc1ccccn1)c1ncc(C)[nH]1. The first kappa shape index (κ1) is 13.3. The quantitative estimate of drug-likeness (QED) is 0.860. The van der Waals surface area contributed by atoms with Crippen LogP contribution in [0.25, 0.3) is 0 Å². The number of aromatic nitrogens is 3. The molecule has 1 amide bonds. The average molecular weight is 258 g/mol. The van der Waals surface area contributed by atoms with E-state index < -0.39 is 0 Å². The van der Waals surface area contributed by atoms with Gasteiger partial charge in [-0.2, -0.15) is 0 Å². The number of carbonyl (C=O) groups is 1. The predicted octanol–water partition coefficient (Wildman–Crippen LogP) is 1.92. The second-order valence-corrected chi connectivity index (χ2v) is 4.48. The van der Waals surface area contributed by atoms with E-state index >= 15 is 0 Å². The molecule has 0 aliphatic heterocycles. The molecule has 0 aliphatic rings. The van der Waals surface area contributed by atoms with Gasteiger partial charge in [-0.15, -0.1) is 0 Å². The van der Waals surface area contributed by atoms with Gasteiger partial charge >= 0.3 is 0 Å². The number of imidazole rings is 1. The molecule has 5 heteroatoms. The van der Waals surface area contributed by atoms with Crippen LogP contribution in [0.2, 0.25) is 0 Å². The molecule has 2 aromatic rings. The highest BCUT2D eigenvalue weighted by atomic mass is 16.1. The number of nitrogens with zero attached hydrogens (tertiary/aromatic N) is 2. The molecule has 0 spiro atoms. The molecular formula is C14H18N4O. The van der Waals surface area contributed by atoms with Gasteiger partial charge in [0.15, 0.2) is 0 Å². The van der Waals surface area contributed by atoms with E-state index in [9.17, 15) is 4.79 Å². The number of nitrogens with one attached hydrogen (secondary N) is 2. The van der Waals surface area contributed by atoms with Crippen LogP contribution in [0, 0.1) is 6.92 Å². The molecule has 1 atom stereocenters. The molecule has 0 saturated carbocycles. The van der Waals surface area contributed by atoms with Crippen LogP contribution in [0.15, 0.2) is 30.6 Å². The fraction of sp³-hybridized carbons (Fsp3) is 0.357. The summed E-state index contributed by atoms with van der Waals surface area (Å²) in [6.07, 6.45) is 4.54. The number of aryl methyl sites for hydroxylation is 1. The van der Waals surface area contributed by atoms with E-state index in [4.69, 9.17) is 0 Å². The summed E-state index contributed by atoms with van der Waals surface area (Å²) in [5, 5.41) is 2.97. The molecule has 2 rings (SSSR count). The molecule has 0 aliphatic carbocycles. The van der Waals surface area contributed by atoms with Crippen molar-refractivity contribution in [2.24, 2.45) is 0 Å². The van der Waals surface area contributed by atoms with Crippen molar-refractivity contribution >= 4 is 5.91 Å². The molecule has 0 unspecified atom stereocenters. The van der Waals surface area contributed by atoms with E-state index in [-0.39, 0.29) is 18.4 Å². The second kappa shape index (κ2) is 6.13. The Hall–Kier alpha value is -2.17. The minimum absolute atomic E-state index is 0.0420. The molecule has 100 valence electrons. The highest BCUT2D eigenvalue weighted by Gasteiger charge is 2.15. The predicted molar refractivity (Wildman–Crippen MR) is 72.4 cm³/mol. The number of hydrogen-bond donors (Lipinski definition) is 2. The number of hydrogen-bond acceptors (Lipinski definition) is 3. The number of carbonyl (C=O) groups excluding carboxylic acids is 1. The van der Waals surface area contributed by atoms with Gasteiger partial charge in [0.1, 0.15) is 5.82 Å². The van der Waals surface area contributed by atoms with Crippen molar-refractivity contribution in [2.75, 3.05) is 0 Å². The lowest BCUT2D eigenvalue weighted by molar-refractivity contribution is -0.121. The molecule has 0 fully saturated rings. The van der Waals surface area contributed by atoms with Crippen LogP contribution in [-0.2, 0) is 11.2 Å². The van der Waals surface area contributed by atoms with E-state index in [0.717, 1.165) is 23.6 Å². The van der Waals surface area contributed by atoms with Crippen molar-refractivity contribution in [1.29, 1.82) is 0 Å². The van der Waals surface area contributed by atoms with Gasteiger partial charge in [-0.1, -0.05) is 13.0 Å². The van der Waals surface area contributed by atoms with Gasteiger partial charge in [0.05, 0.1) is 12.5 Å². The van der Waals surface area contributed by atoms with Crippen LogP contribution in [0.5, 0.6) is 0 Å². The first-order chi connectivity index (χ1) is 9.19. The van der Waals surface area contributed by atoms with Crippen molar-refractivity contribution in [1.82, 2.24) is 20.3 Å². The summed E-state index contributed by atoms with van der Waals surface area (Å²) >= 11 is 0. The average Bonchev–Trinajstić information content (AvgIpc) is 2.83. The summed E-state index contributed by atoms with van der Waals surface area (Å²) in [5.41, 5.74) is 1.76. The number of pyridine rings is 1. The van der Waals surface area contributed by atoms with Gasteiger partial charge in [-0.25, -0.2) is 4.98 Å². The molecule has 2 N–H and O–H groups in total.